The highest BCUT2D eigenvalue weighted by molar-refractivity contribution is 9.11. The van der Waals surface area contributed by atoms with E-state index in [2.05, 4.69) is 15.9 Å². The molecule has 0 saturated carbocycles. The minimum atomic E-state index is -0.518. The van der Waals surface area contributed by atoms with Crippen LogP contribution < -0.4 is 0 Å². The van der Waals surface area contributed by atoms with Crippen molar-refractivity contribution in [3.63, 3.8) is 0 Å². The Morgan fingerprint density at radius 1 is 1.82 bits per heavy atom. The van der Waals surface area contributed by atoms with Gasteiger partial charge in [-0.25, -0.2) is 0 Å². The van der Waals surface area contributed by atoms with Gasteiger partial charge in [-0.05, 0) is 15.9 Å². The van der Waals surface area contributed by atoms with Crippen molar-refractivity contribution >= 4 is 32.3 Å². The minimum Gasteiger partial charge on any atom is -0.258 e. The summed E-state index contributed by atoms with van der Waals surface area (Å²) in [6.07, 6.45) is 0. The van der Waals surface area contributed by atoms with E-state index in [9.17, 15) is 10.1 Å². The summed E-state index contributed by atoms with van der Waals surface area (Å²) in [6.45, 7) is 0. The van der Waals surface area contributed by atoms with E-state index in [1.807, 2.05) is 6.07 Å². The Kier molecular flexibility index (Phi) is 2.22. The summed E-state index contributed by atoms with van der Waals surface area (Å²) < 4.78 is 0.506. The third kappa shape index (κ3) is 1.56. The van der Waals surface area contributed by atoms with Gasteiger partial charge >= 0.3 is 5.00 Å². The number of nitro groups is 1. The van der Waals surface area contributed by atoms with Gasteiger partial charge in [-0.15, -0.1) is 0 Å². The molecule has 6 heteroatoms. The highest BCUT2D eigenvalue weighted by Crippen LogP contribution is 2.32. The maximum absolute atomic E-state index is 10.2. The molecule has 0 spiro atoms. The van der Waals surface area contributed by atoms with E-state index in [-0.39, 0.29) is 5.00 Å². The fourth-order valence-corrected chi connectivity index (χ4v) is 1.87. The lowest BCUT2D eigenvalue weighted by Crippen LogP contribution is -1.80. The molecule has 1 heterocycles. The van der Waals surface area contributed by atoms with Crippen molar-refractivity contribution < 1.29 is 4.92 Å². The molecule has 1 aromatic rings. The van der Waals surface area contributed by atoms with Crippen molar-refractivity contribution in [1.29, 1.82) is 5.26 Å². The molecule has 0 aliphatic rings. The molecule has 56 valence electrons. The Morgan fingerprint density at radius 2 is 2.45 bits per heavy atom. The summed E-state index contributed by atoms with van der Waals surface area (Å²) in [5.41, 5.74) is 0.307. The Hall–Kier alpha value is -0.930. The molecular formula is C5HBrN2O2S. The number of hydrogen-bond acceptors (Lipinski definition) is 4. The first-order valence-corrected chi connectivity index (χ1v) is 4.10. The molecule has 0 aliphatic heterocycles. The minimum absolute atomic E-state index is 0.0200. The molecule has 0 fully saturated rings. The molecule has 0 aliphatic carbocycles. The van der Waals surface area contributed by atoms with Crippen LogP contribution in [-0.2, 0) is 0 Å². The number of hydrogen-bond donors (Lipinski definition) is 0. The van der Waals surface area contributed by atoms with Gasteiger partial charge in [0.2, 0.25) is 0 Å². The number of nitrogens with zero attached hydrogens (tertiary/aromatic N) is 2. The summed E-state index contributed by atoms with van der Waals surface area (Å²) in [6, 6.07) is 3.07. The molecule has 0 N–H and O–H groups in total. The summed E-state index contributed by atoms with van der Waals surface area (Å²) in [4.78, 5) is 9.65. The quantitative estimate of drug-likeness (QED) is 0.552. The highest BCUT2D eigenvalue weighted by Gasteiger charge is 2.13. The molecule has 0 saturated heterocycles. The normalized spacial score (nSPS) is 9.09. The van der Waals surface area contributed by atoms with Crippen LogP contribution in [0.5, 0.6) is 0 Å². The highest BCUT2D eigenvalue weighted by atomic mass is 79.9. The molecule has 0 aromatic carbocycles. The van der Waals surface area contributed by atoms with Crippen LogP contribution in [0, 0.1) is 21.4 Å². The second-order valence-corrected chi connectivity index (χ2v) is 3.99. The van der Waals surface area contributed by atoms with Crippen LogP contribution in [-0.4, -0.2) is 4.92 Å². The van der Waals surface area contributed by atoms with Crippen LogP contribution in [0.3, 0.4) is 0 Å². The lowest BCUT2D eigenvalue weighted by atomic mass is 10.4. The van der Waals surface area contributed by atoms with Crippen molar-refractivity contribution in [2.45, 2.75) is 0 Å². The van der Waals surface area contributed by atoms with Gasteiger partial charge in [-0.1, -0.05) is 11.3 Å². The first kappa shape index (κ1) is 8.17. The molecule has 1 aromatic heterocycles. The number of nitriles is 1. The first-order chi connectivity index (χ1) is 5.15. The molecule has 11 heavy (non-hydrogen) atoms. The number of halogens is 1. The molecule has 0 radical (unpaired) electrons. The van der Waals surface area contributed by atoms with Crippen LogP contribution in [0.25, 0.3) is 0 Å². The lowest BCUT2D eigenvalue weighted by molar-refractivity contribution is -0.380. The molecule has 4 nitrogen and oxygen atoms in total. The average Bonchev–Trinajstić information content (AvgIpc) is 2.31. The van der Waals surface area contributed by atoms with Crippen molar-refractivity contribution in [3.05, 3.63) is 25.5 Å². The van der Waals surface area contributed by atoms with E-state index in [1.165, 1.54) is 6.07 Å². The Labute approximate surface area is 74.3 Å². The van der Waals surface area contributed by atoms with Gasteiger partial charge in [-0.3, -0.25) is 10.1 Å². The maximum atomic E-state index is 10.2. The van der Waals surface area contributed by atoms with Crippen LogP contribution in [0.15, 0.2) is 9.85 Å². The Morgan fingerprint density at radius 3 is 2.73 bits per heavy atom. The predicted molar refractivity (Wildman–Crippen MR) is 43.4 cm³/mol. The molecule has 0 unspecified atom stereocenters. The lowest BCUT2D eigenvalue weighted by Gasteiger charge is -1.77. The van der Waals surface area contributed by atoms with Gasteiger partial charge in [0, 0.05) is 6.07 Å². The van der Waals surface area contributed by atoms with Gasteiger partial charge in [0.05, 0.1) is 14.3 Å². The predicted octanol–water partition coefficient (Wildman–Crippen LogP) is 2.29. The summed E-state index contributed by atoms with van der Waals surface area (Å²) >= 11 is 3.98. The number of rotatable bonds is 1. The molecule has 0 bridgehead atoms. The largest absolute Gasteiger partial charge is 0.326 e. The summed E-state index contributed by atoms with van der Waals surface area (Å²) in [5, 5.41) is 18.6. The van der Waals surface area contributed by atoms with E-state index in [4.69, 9.17) is 5.26 Å². The van der Waals surface area contributed by atoms with Crippen LogP contribution >= 0.6 is 27.3 Å². The van der Waals surface area contributed by atoms with Gasteiger partial charge < -0.3 is 0 Å². The zero-order valence-corrected chi connectivity index (χ0v) is 7.48. The zero-order chi connectivity index (χ0) is 8.43. The average molecular weight is 233 g/mol. The summed E-state index contributed by atoms with van der Waals surface area (Å²) in [5.74, 6) is 0. The van der Waals surface area contributed by atoms with Crippen LogP contribution in [0.4, 0.5) is 5.00 Å². The molecule has 0 amide bonds. The second kappa shape index (κ2) is 2.98. The topological polar surface area (TPSA) is 66.9 Å². The second-order valence-electron chi connectivity index (χ2n) is 1.64. The van der Waals surface area contributed by atoms with E-state index >= 15 is 0 Å². The fraction of sp³-hybridized carbons (Fsp3) is 0. The van der Waals surface area contributed by atoms with Crippen LogP contribution in [0.2, 0.25) is 0 Å². The fourth-order valence-electron chi connectivity index (χ4n) is 0.523. The first-order valence-electron chi connectivity index (χ1n) is 2.49. The number of thiophene rings is 1. The van der Waals surface area contributed by atoms with Gasteiger partial charge in [0.1, 0.15) is 6.07 Å². The van der Waals surface area contributed by atoms with E-state index in [0.717, 1.165) is 11.3 Å². The Balaban J connectivity index is 3.18. The van der Waals surface area contributed by atoms with E-state index < -0.39 is 4.92 Å². The van der Waals surface area contributed by atoms with Crippen molar-refractivity contribution in [2.75, 3.05) is 0 Å². The Bertz CT molecular complexity index is 341. The zero-order valence-electron chi connectivity index (χ0n) is 5.07. The SMILES string of the molecule is N#Cc1cc([N+](=O)[O-])sc1Br. The third-order valence-corrected chi connectivity index (χ3v) is 2.76. The molecule has 0 atom stereocenters. The van der Waals surface area contributed by atoms with Crippen molar-refractivity contribution in [1.82, 2.24) is 0 Å². The van der Waals surface area contributed by atoms with Gasteiger partial charge in [0.25, 0.3) is 0 Å². The standard InChI is InChI=1S/C5HBrN2O2S/c6-5-3(2-7)1-4(11-5)8(9)10/h1H. The van der Waals surface area contributed by atoms with Crippen molar-refractivity contribution in [2.24, 2.45) is 0 Å². The van der Waals surface area contributed by atoms with Gasteiger partial charge in [0.15, 0.2) is 0 Å². The molecule has 1 rings (SSSR count). The van der Waals surface area contributed by atoms with E-state index in [1.54, 1.807) is 0 Å². The maximum Gasteiger partial charge on any atom is 0.326 e. The summed E-state index contributed by atoms with van der Waals surface area (Å²) in [7, 11) is 0. The smallest absolute Gasteiger partial charge is 0.258 e. The van der Waals surface area contributed by atoms with Crippen LogP contribution in [0.1, 0.15) is 5.56 Å². The van der Waals surface area contributed by atoms with Gasteiger partial charge in [-0.2, -0.15) is 5.26 Å². The van der Waals surface area contributed by atoms with Crippen molar-refractivity contribution in [3.8, 4) is 6.07 Å². The van der Waals surface area contributed by atoms with E-state index in [0.29, 0.717) is 9.35 Å². The molecular weight excluding hydrogens is 232 g/mol. The monoisotopic (exact) mass is 232 g/mol. The third-order valence-electron chi connectivity index (χ3n) is 0.974.